The standard InChI is InChI=1S/C23H24FN3O4/c1-15-4-10-20(21(14-15)30-3)31-16(2)23(29)25-12-13-27-22(28)11-9-19(26-27)17-5-7-18(24)8-6-17/h4-11,14,16H,12-13H2,1-3H3,(H,25,29). The van der Waals surface area contributed by atoms with E-state index in [1.807, 2.05) is 19.1 Å². The van der Waals surface area contributed by atoms with E-state index < -0.39 is 6.10 Å². The zero-order valence-corrected chi connectivity index (χ0v) is 17.6. The van der Waals surface area contributed by atoms with E-state index in [4.69, 9.17) is 9.47 Å². The summed E-state index contributed by atoms with van der Waals surface area (Å²) in [7, 11) is 1.54. The van der Waals surface area contributed by atoms with Crippen LogP contribution in [0.4, 0.5) is 4.39 Å². The van der Waals surface area contributed by atoms with Crippen molar-refractivity contribution in [3.63, 3.8) is 0 Å². The molecule has 8 heteroatoms. The van der Waals surface area contributed by atoms with Crippen LogP contribution in [-0.2, 0) is 11.3 Å². The molecule has 0 saturated carbocycles. The molecule has 0 aliphatic rings. The Morgan fingerprint density at radius 1 is 1.13 bits per heavy atom. The zero-order valence-electron chi connectivity index (χ0n) is 17.6. The lowest BCUT2D eigenvalue weighted by atomic mass is 10.1. The molecule has 0 saturated heterocycles. The molecule has 1 atom stereocenters. The lowest BCUT2D eigenvalue weighted by Gasteiger charge is -2.17. The molecule has 3 rings (SSSR count). The Bertz CT molecular complexity index is 1110. The van der Waals surface area contributed by atoms with Gasteiger partial charge in [-0.05, 0) is 61.9 Å². The molecular formula is C23H24FN3O4. The third-order valence-corrected chi connectivity index (χ3v) is 4.62. The number of amides is 1. The van der Waals surface area contributed by atoms with Crippen molar-refractivity contribution in [3.8, 4) is 22.8 Å². The van der Waals surface area contributed by atoms with Gasteiger partial charge in [0.25, 0.3) is 11.5 Å². The van der Waals surface area contributed by atoms with Crippen LogP contribution in [0.3, 0.4) is 0 Å². The molecule has 1 heterocycles. The second-order valence-corrected chi connectivity index (χ2v) is 6.99. The van der Waals surface area contributed by atoms with Gasteiger partial charge >= 0.3 is 0 Å². The summed E-state index contributed by atoms with van der Waals surface area (Å²) in [6.45, 7) is 3.94. The highest BCUT2D eigenvalue weighted by atomic mass is 19.1. The molecule has 1 unspecified atom stereocenters. The third-order valence-electron chi connectivity index (χ3n) is 4.62. The minimum atomic E-state index is -0.758. The Morgan fingerprint density at radius 3 is 2.58 bits per heavy atom. The number of benzene rings is 2. The van der Waals surface area contributed by atoms with E-state index in [0.717, 1.165) is 5.56 Å². The van der Waals surface area contributed by atoms with Crippen molar-refractivity contribution in [2.45, 2.75) is 26.5 Å². The third kappa shape index (κ3) is 5.69. The molecule has 31 heavy (non-hydrogen) atoms. The SMILES string of the molecule is COc1cc(C)ccc1OC(C)C(=O)NCCn1nc(-c2ccc(F)cc2)ccc1=O. The van der Waals surface area contributed by atoms with E-state index in [0.29, 0.717) is 22.8 Å². The molecule has 0 radical (unpaired) electrons. The molecule has 0 fully saturated rings. The number of carbonyl (C=O) groups excluding carboxylic acids is 1. The maximum atomic E-state index is 13.1. The highest BCUT2D eigenvalue weighted by molar-refractivity contribution is 5.80. The molecule has 0 aliphatic carbocycles. The van der Waals surface area contributed by atoms with Gasteiger partial charge in [-0.2, -0.15) is 5.10 Å². The zero-order chi connectivity index (χ0) is 22.4. The molecule has 0 spiro atoms. The van der Waals surface area contributed by atoms with Crippen molar-refractivity contribution in [2.24, 2.45) is 0 Å². The summed E-state index contributed by atoms with van der Waals surface area (Å²) in [5.74, 6) is 0.346. The largest absolute Gasteiger partial charge is 0.493 e. The van der Waals surface area contributed by atoms with Gasteiger partial charge in [-0.3, -0.25) is 9.59 Å². The van der Waals surface area contributed by atoms with Crippen LogP contribution in [0.25, 0.3) is 11.3 Å². The lowest BCUT2D eigenvalue weighted by Crippen LogP contribution is -2.39. The normalized spacial score (nSPS) is 11.6. The molecule has 3 aromatic rings. The molecule has 162 valence electrons. The second kappa shape index (κ2) is 9.88. The van der Waals surface area contributed by atoms with Gasteiger partial charge < -0.3 is 14.8 Å². The van der Waals surface area contributed by atoms with Crippen molar-refractivity contribution >= 4 is 5.91 Å². The van der Waals surface area contributed by atoms with Crippen molar-refractivity contribution in [2.75, 3.05) is 13.7 Å². The molecule has 0 bridgehead atoms. The van der Waals surface area contributed by atoms with E-state index in [9.17, 15) is 14.0 Å². The Balaban J connectivity index is 1.59. The summed E-state index contributed by atoms with van der Waals surface area (Å²) in [4.78, 5) is 24.5. The predicted octanol–water partition coefficient (Wildman–Crippen LogP) is 2.95. The number of hydrogen-bond donors (Lipinski definition) is 1. The second-order valence-electron chi connectivity index (χ2n) is 6.99. The van der Waals surface area contributed by atoms with Crippen LogP contribution in [0.1, 0.15) is 12.5 Å². The van der Waals surface area contributed by atoms with Gasteiger partial charge in [0.15, 0.2) is 17.6 Å². The summed E-state index contributed by atoms with van der Waals surface area (Å²) in [5, 5.41) is 7.04. The molecule has 0 aliphatic heterocycles. The van der Waals surface area contributed by atoms with Gasteiger partial charge in [-0.15, -0.1) is 0 Å². The lowest BCUT2D eigenvalue weighted by molar-refractivity contribution is -0.127. The van der Waals surface area contributed by atoms with Crippen molar-refractivity contribution in [1.29, 1.82) is 0 Å². The molecular weight excluding hydrogens is 401 g/mol. The van der Waals surface area contributed by atoms with Gasteiger partial charge in [0.2, 0.25) is 0 Å². The first-order chi connectivity index (χ1) is 14.9. The fourth-order valence-corrected chi connectivity index (χ4v) is 2.93. The Hall–Kier alpha value is -3.68. The monoisotopic (exact) mass is 425 g/mol. The van der Waals surface area contributed by atoms with E-state index in [2.05, 4.69) is 10.4 Å². The van der Waals surface area contributed by atoms with Gasteiger partial charge in [0.05, 0.1) is 19.3 Å². The number of carbonyl (C=O) groups is 1. The number of hydrogen-bond acceptors (Lipinski definition) is 5. The average molecular weight is 425 g/mol. The summed E-state index contributed by atoms with van der Waals surface area (Å²) < 4.78 is 25.4. The highest BCUT2D eigenvalue weighted by Crippen LogP contribution is 2.28. The first-order valence-corrected chi connectivity index (χ1v) is 9.80. The molecule has 7 nitrogen and oxygen atoms in total. The number of rotatable bonds is 8. The van der Waals surface area contributed by atoms with Crippen molar-refractivity contribution in [3.05, 3.63) is 76.3 Å². The maximum absolute atomic E-state index is 13.1. The quantitative estimate of drug-likeness (QED) is 0.600. The summed E-state index contributed by atoms with van der Waals surface area (Å²) in [6.07, 6.45) is -0.758. The molecule has 1 amide bonds. The maximum Gasteiger partial charge on any atom is 0.266 e. The number of nitrogens with zero attached hydrogens (tertiary/aromatic N) is 2. The van der Waals surface area contributed by atoms with Crippen LogP contribution >= 0.6 is 0 Å². The Morgan fingerprint density at radius 2 is 1.87 bits per heavy atom. The summed E-state index contributed by atoms with van der Waals surface area (Å²) in [6, 6.07) is 14.3. The van der Waals surface area contributed by atoms with Crippen molar-refractivity contribution < 1.29 is 18.7 Å². The molecule has 1 N–H and O–H groups in total. The molecule has 2 aromatic carbocycles. The van der Waals surface area contributed by atoms with Crippen LogP contribution < -0.4 is 20.3 Å². The first-order valence-electron chi connectivity index (χ1n) is 9.80. The fourth-order valence-electron chi connectivity index (χ4n) is 2.93. The minimum absolute atomic E-state index is 0.181. The number of aryl methyl sites for hydroxylation is 1. The van der Waals surface area contributed by atoms with Crippen LogP contribution in [0.5, 0.6) is 11.5 Å². The van der Waals surface area contributed by atoms with Crippen LogP contribution in [0.2, 0.25) is 0 Å². The summed E-state index contributed by atoms with van der Waals surface area (Å²) >= 11 is 0. The highest BCUT2D eigenvalue weighted by Gasteiger charge is 2.16. The van der Waals surface area contributed by atoms with Gasteiger partial charge in [0.1, 0.15) is 5.82 Å². The fraction of sp³-hybridized carbons (Fsp3) is 0.261. The van der Waals surface area contributed by atoms with Crippen LogP contribution in [0, 0.1) is 12.7 Å². The van der Waals surface area contributed by atoms with Crippen LogP contribution in [0.15, 0.2) is 59.4 Å². The molecule has 1 aromatic heterocycles. The van der Waals surface area contributed by atoms with E-state index in [1.54, 1.807) is 31.2 Å². The topological polar surface area (TPSA) is 82.4 Å². The van der Waals surface area contributed by atoms with E-state index in [-0.39, 0.29) is 30.4 Å². The van der Waals surface area contributed by atoms with Gasteiger partial charge in [-0.1, -0.05) is 6.07 Å². The number of nitrogens with one attached hydrogen (secondary N) is 1. The minimum Gasteiger partial charge on any atom is -0.493 e. The number of halogens is 1. The Kier molecular flexibility index (Phi) is 7.02. The number of aromatic nitrogens is 2. The smallest absolute Gasteiger partial charge is 0.266 e. The van der Waals surface area contributed by atoms with E-state index >= 15 is 0 Å². The van der Waals surface area contributed by atoms with Gasteiger partial charge in [-0.25, -0.2) is 9.07 Å². The van der Waals surface area contributed by atoms with E-state index in [1.165, 1.54) is 30.0 Å². The number of methoxy groups -OCH3 is 1. The van der Waals surface area contributed by atoms with Gasteiger partial charge in [0, 0.05) is 18.2 Å². The van der Waals surface area contributed by atoms with Crippen molar-refractivity contribution in [1.82, 2.24) is 15.1 Å². The predicted molar refractivity (Wildman–Crippen MR) is 115 cm³/mol. The Labute approximate surface area is 179 Å². The summed E-state index contributed by atoms with van der Waals surface area (Å²) in [5.41, 5.74) is 1.94. The average Bonchev–Trinajstić information content (AvgIpc) is 2.76. The number of ether oxygens (including phenoxy) is 2. The van der Waals surface area contributed by atoms with Crippen LogP contribution in [-0.4, -0.2) is 35.4 Å². The first kappa shape index (κ1) is 22.0.